The lowest BCUT2D eigenvalue weighted by Crippen LogP contribution is -2.12. The zero-order chi connectivity index (χ0) is 15.9. The second-order valence-electron chi connectivity index (χ2n) is 4.52. The van der Waals surface area contributed by atoms with Crippen molar-refractivity contribution in [3.8, 4) is 0 Å². The SMILES string of the molecule is O=[N+]([O-])c1ccc(S(=O)(=O)N2OC2c2ccc(F)cc2)cc1. The van der Waals surface area contributed by atoms with Crippen LogP contribution in [0.3, 0.4) is 0 Å². The summed E-state index contributed by atoms with van der Waals surface area (Å²) in [6.45, 7) is 0. The molecule has 9 heteroatoms. The van der Waals surface area contributed by atoms with Gasteiger partial charge in [-0.15, -0.1) is 0 Å². The Bertz CT molecular complexity index is 821. The van der Waals surface area contributed by atoms with Crippen molar-refractivity contribution in [2.45, 2.75) is 11.1 Å². The first-order valence-electron chi connectivity index (χ1n) is 6.11. The molecule has 2 aromatic carbocycles. The highest BCUT2D eigenvalue weighted by Gasteiger charge is 2.48. The van der Waals surface area contributed by atoms with Crippen LogP contribution in [0, 0.1) is 15.9 Å². The highest BCUT2D eigenvalue weighted by Crippen LogP contribution is 2.42. The van der Waals surface area contributed by atoms with Crippen LogP contribution in [0.4, 0.5) is 10.1 Å². The third-order valence-electron chi connectivity index (χ3n) is 3.09. The van der Waals surface area contributed by atoms with Crippen molar-refractivity contribution in [2.75, 3.05) is 0 Å². The molecular weight excluding hydrogens is 315 g/mol. The van der Waals surface area contributed by atoms with E-state index in [1.165, 1.54) is 24.3 Å². The van der Waals surface area contributed by atoms with Crippen LogP contribution in [0.15, 0.2) is 53.4 Å². The Morgan fingerprint density at radius 1 is 1.09 bits per heavy atom. The Labute approximate surface area is 124 Å². The molecule has 1 saturated heterocycles. The molecule has 0 saturated carbocycles. The molecule has 2 aromatic rings. The molecule has 0 spiro atoms. The van der Waals surface area contributed by atoms with Gasteiger partial charge in [0.15, 0.2) is 6.23 Å². The molecule has 0 aromatic heterocycles. The standard InChI is InChI=1S/C13H9FN2O5S/c14-10-3-1-9(2-4-10)13-16(21-13)22(19,20)12-7-5-11(6-8-12)15(17)18/h1-8,13H. The van der Waals surface area contributed by atoms with E-state index in [1.54, 1.807) is 0 Å². The fourth-order valence-corrected chi connectivity index (χ4v) is 3.16. The molecule has 1 fully saturated rings. The number of nitro benzene ring substituents is 1. The summed E-state index contributed by atoms with van der Waals surface area (Å²) in [6.07, 6.45) is -0.819. The molecule has 7 nitrogen and oxygen atoms in total. The van der Waals surface area contributed by atoms with Crippen LogP contribution in [-0.4, -0.2) is 17.8 Å². The molecule has 2 unspecified atom stereocenters. The number of nitrogens with zero attached hydrogens (tertiary/aromatic N) is 2. The van der Waals surface area contributed by atoms with Crippen molar-refractivity contribution in [1.82, 2.24) is 4.47 Å². The van der Waals surface area contributed by atoms with Crippen LogP contribution in [0.2, 0.25) is 0 Å². The summed E-state index contributed by atoms with van der Waals surface area (Å²) in [4.78, 5) is 14.9. The number of hydrogen-bond donors (Lipinski definition) is 0. The van der Waals surface area contributed by atoms with E-state index in [2.05, 4.69) is 0 Å². The van der Waals surface area contributed by atoms with Gasteiger partial charge in [-0.25, -0.2) is 12.8 Å². The van der Waals surface area contributed by atoms with Crippen LogP contribution >= 0.6 is 0 Å². The Balaban J connectivity index is 1.82. The maximum atomic E-state index is 12.8. The van der Waals surface area contributed by atoms with Gasteiger partial charge in [0.25, 0.3) is 15.7 Å². The fourth-order valence-electron chi connectivity index (χ4n) is 1.91. The van der Waals surface area contributed by atoms with Crippen molar-refractivity contribution in [3.63, 3.8) is 0 Å². The molecule has 1 aliphatic heterocycles. The minimum Gasteiger partial charge on any atom is -0.258 e. The molecule has 1 heterocycles. The lowest BCUT2D eigenvalue weighted by Gasteiger charge is -2.02. The number of non-ortho nitro benzene ring substituents is 1. The highest BCUT2D eigenvalue weighted by atomic mass is 32.2. The van der Waals surface area contributed by atoms with Crippen molar-refractivity contribution in [3.05, 3.63) is 70.0 Å². The summed E-state index contributed by atoms with van der Waals surface area (Å²) in [5, 5.41) is 10.6. The monoisotopic (exact) mass is 324 g/mol. The Kier molecular flexibility index (Phi) is 3.39. The van der Waals surface area contributed by atoms with Gasteiger partial charge in [0.05, 0.1) is 9.82 Å². The van der Waals surface area contributed by atoms with E-state index in [9.17, 15) is 22.9 Å². The molecule has 0 amide bonds. The molecular formula is C13H9FN2O5S. The average Bonchev–Trinajstić information content (AvgIpc) is 3.29. The van der Waals surface area contributed by atoms with Gasteiger partial charge in [-0.1, -0.05) is 12.1 Å². The predicted octanol–water partition coefficient (Wildman–Crippen LogP) is 2.37. The first-order chi connectivity index (χ1) is 10.4. The minimum absolute atomic E-state index is 0.122. The van der Waals surface area contributed by atoms with E-state index in [4.69, 9.17) is 4.84 Å². The zero-order valence-corrected chi connectivity index (χ0v) is 11.7. The fraction of sp³-hybridized carbons (Fsp3) is 0.0769. The van der Waals surface area contributed by atoms with E-state index < -0.39 is 27.0 Å². The van der Waals surface area contributed by atoms with E-state index in [0.29, 0.717) is 5.56 Å². The predicted molar refractivity (Wildman–Crippen MR) is 72.3 cm³/mol. The van der Waals surface area contributed by atoms with Crippen molar-refractivity contribution < 1.29 is 22.6 Å². The van der Waals surface area contributed by atoms with Crippen LogP contribution in [-0.2, 0) is 14.9 Å². The maximum absolute atomic E-state index is 12.8. The highest BCUT2D eigenvalue weighted by molar-refractivity contribution is 7.89. The lowest BCUT2D eigenvalue weighted by molar-refractivity contribution is -0.384. The molecule has 0 N–H and O–H groups in total. The van der Waals surface area contributed by atoms with Crippen molar-refractivity contribution in [1.29, 1.82) is 0 Å². The number of hydrogen-bond acceptors (Lipinski definition) is 5. The number of benzene rings is 2. The van der Waals surface area contributed by atoms with Crippen molar-refractivity contribution in [2.24, 2.45) is 0 Å². The minimum atomic E-state index is -3.92. The topological polar surface area (TPSA) is 92.8 Å². The second kappa shape index (κ2) is 5.13. The zero-order valence-electron chi connectivity index (χ0n) is 10.9. The quantitative estimate of drug-likeness (QED) is 0.489. The Morgan fingerprint density at radius 3 is 2.23 bits per heavy atom. The Morgan fingerprint density at radius 2 is 1.68 bits per heavy atom. The first-order valence-corrected chi connectivity index (χ1v) is 7.55. The Hall–Kier alpha value is -2.36. The summed E-state index contributed by atoms with van der Waals surface area (Å²) in [7, 11) is -3.92. The van der Waals surface area contributed by atoms with Gasteiger partial charge in [0.1, 0.15) is 5.82 Å². The van der Waals surface area contributed by atoms with Crippen LogP contribution in [0.5, 0.6) is 0 Å². The summed E-state index contributed by atoms with van der Waals surface area (Å²) >= 11 is 0. The smallest absolute Gasteiger partial charge is 0.258 e. The van der Waals surface area contributed by atoms with Gasteiger partial charge in [-0.2, -0.15) is 0 Å². The van der Waals surface area contributed by atoms with Crippen LogP contribution in [0.1, 0.15) is 11.8 Å². The molecule has 0 aliphatic carbocycles. The van der Waals surface area contributed by atoms with Gasteiger partial charge < -0.3 is 0 Å². The number of sulfonamides is 1. The summed E-state index contributed by atoms with van der Waals surface area (Å²) in [6, 6.07) is 9.72. The molecule has 22 heavy (non-hydrogen) atoms. The van der Waals surface area contributed by atoms with Gasteiger partial charge in [-0.3, -0.25) is 15.0 Å². The number of nitro groups is 1. The van der Waals surface area contributed by atoms with Gasteiger partial charge in [-0.05, 0) is 28.7 Å². The summed E-state index contributed by atoms with van der Waals surface area (Å²) < 4.78 is 38.2. The average molecular weight is 324 g/mol. The number of hydroxylamine groups is 1. The normalized spacial score (nSPS) is 20.6. The molecule has 0 bridgehead atoms. The largest absolute Gasteiger partial charge is 0.269 e. The summed E-state index contributed by atoms with van der Waals surface area (Å²) in [5.41, 5.74) is 0.285. The molecule has 0 radical (unpaired) electrons. The molecule has 1 aliphatic rings. The molecule has 114 valence electrons. The lowest BCUT2D eigenvalue weighted by atomic mass is 10.2. The maximum Gasteiger partial charge on any atom is 0.269 e. The van der Waals surface area contributed by atoms with E-state index in [0.717, 1.165) is 28.7 Å². The number of halogens is 1. The third-order valence-corrected chi connectivity index (χ3v) is 4.71. The first kappa shape index (κ1) is 14.6. The molecule has 2 atom stereocenters. The van der Waals surface area contributed by atoms with Gasteiger partial charge in [0, 0.05) is 17.7 Å². The number of rotatable bonds is 4. The molecule has 3 rings (SSSR count). The van der Waals surface area contributed by atoms with Crippen molar-refractivity contribution >= 4 is 15.7 Å². The van der Waals surface area contributed by atoms with E-state index >= 15 is 0 Å². The van der Waals surface area contributed by atoms with Gasteiger partial charge >= 0.3 is 0 Å². The third kappa shape index (κ3) is 2.56. The van der Waals surface area contributed by atoms with E-state index in [-0.39, 0.29) is 10.6 Å². The van der Waals surface area contributed by atoms with E-state index in [1.807, 2.05) is 0 Å². The van der Waals surface area contributed by atoms with Gasteiger partial charge in [0.2, 0.25) is 0 Å². The summed E-state index contributed by atoms with van der Waals surface area (Å²) in [5.74, 6) is -0.436. The van der Waals surface area contributed by atoms with Crippen LogP contribution < -0.4 is 0 Å². The second-order valence-corrected chi connectivity index (χ2v) is 6.30. The van der Waals surface area contributed by atoms with Crippen LogP contribution in [0.25, 0.3) is 0 Å².